The van der Waals surface area contributed by atoms with Crippen molar-refractivity contribution in [3.8, 4) is 0 Å². The van der Waals surface area contributed by atoms with Gasteiger partial charge in [0.25, 0.3) is 0 Å². The van der Waals surface area contributed by atoms with E-state index < -0.39 is 0 Å². The van der Waals surface area contributed by atoms with Crippen molar-refractivity contribution in [2.24, 2.45) is 17.1 Å². The Kier molecular flexibility index (Phi) is 6.35. The van der Waals surface area contributed by atoms with Crippen LogP contribution in [-0.2, 0) is 4.79 Å². The van der Waals surface area contributed by atoms with Crippen molar-refractivity contribution in [1.29, 1.82) is 0 Å². The lowest BCUT2D eigenvalue weighted by atomic mass is 9.84. The molecule has 0 bridgehead atoms. The Hall–Kier alpha value is -0.940. The van der Waals surface area contributed by atoms with E-state index in [1.54, 1.807) is 0 Å². The van der Waals surface area contributed by atoms with E-state index in [9.17, 15) is 4.79 Å². The number of amides is 1. The van der Waals surface area contributed by atoms with Crippen LogP contribution in [0.1, 0.15) is 46.1 Å². The fourth-order valence-electron chi connectivity index (χ4n) is 2.46. The summed E-state index contributed by atoms with van der Waals surface area (Å²) in [5.41, 5.74) is 7.27. The third-order valence-electron chi connectivity index (χ3n) is 3.02. The second-order valence-corrected chi connectivity index (χ2v) is 8.03. The highest BCUT2D eigenvalue weighted by molar-refractivity contribution is 9.10. The smallest absolute Gasteiger partial charge is 0.224 e. The lowest BCUT2D eigenvalue weighted by molar-refractivity contribution is -0.117. The predicted octanol–water partition coefficient (Wildman–Crippen LogP) is 4.48. The Morgan fingerprint density at radius 1 is 1.43 bits per heavy atom. The van der Waals surface area contributed by atoms with Gasteiger partial charge in [-0.25, -0.2) is 0 Å². The van der Waals surface area contributed by atoms with Crippen LogP contribution in [0.15, 0.2) is 22.7 Å². The first-order chi connectivity index (χ1) is 9.58. The third kappa shape index (κ3) is 6.57. The number of carbonyl (C=O) groups excluding carboxylic acids is 1. The molecule has 1 unspecified atom stereocenters. The zero-order valence-electron chi connectivity index (χ0n) is 13.0. The van der Waals surface area contributed by atoms with E-state index in [4.69, 9.17) is 18.0 Å². The molecular formula is C16H23BrN2OS. The van der Waals surface area contributed by atoms with Gasteiger partial charge in [-0.3, -0.25) is 4.79 Å². The van der Waals surface area contributed by atoms with Gasteiger partial charge in [-0.05, 0) is 36.0 Å². The number of thiocarbonyl (C=S) groups is 1. The van der Waals surface area contributed by atoms with E-state index in [1.807, 2.05) is 18.2 Å². The van der Waals surface area contributed by atoms with Crippen molar-refractivity contribution >= 4 is 44.7 Å². The van der Waals surface area contributed by atoms with Crippen LogP contribution in [0.25, 0.3) is 0 Å². The van der Waals surface area contributed by atoms with Gasteiger partial charge in [-0.2, -0.15) is 0 Å². The lowest BCUT2D eigenvalue weighted by Crippen LogP contribution is -2.21. The number of hydrogen-bond donors (Lipinski definition) is 2. The minimum Gasteiger partial charge on any atom is -0.389 e. The molecule has 0 saturated heterocycles. The highest BCUT2D eigenvalue weighted by atomic mass is 79.9. The van der Waals surface area contributed by atoms with Gasteiger partial charge in [-0.1, -0.05) is 55.8 Å². The van der Waals surface area contributed by atoms with Crippen molar-refractivity contribution in [1.82, 2.24) is 0 Å². The van der Waals surface area contributed by atoms with Crippen molar-refractivity contribution in [3.63, 3.8) is 0 Å². The molecule has 3 nitrogen and oxygen atoms in total. The first-order valence-electron chi connectivity index (χ1n) is 6.97. The van der Waals surface area contributed by atoms with E-state index >= 15 is 0 Å². The zero-order chi connectivity index (χ0) is 16.2. The molecule has 0 spiro atoms. The predicted molar refractivity (Wildman–Crippen MR) is 96.5 cm³/mol. The first-order valence-corrected chi connectivity index (χ1v) is 8.18. The summed E-state index contributed by atoms with van der Waals surface area (Å²) >= 11 is 8.40. The monoisotopic (exact) mass is 370 g/mol. The summed E-state index contributed by atoms with van der Waals surface area (Å²) in [6.07, 6.45) is 1.49. The summed E-state index contributed by atoms with van der Waals surface area (Å²) in [6.45, 7) is 8.64. The zero-order valence-corrected chi connectivity index (χ0v) is 15.4. The summed E-state index contributed by atoms with van der Waals surface area (Å²) in [7, 11) is 0. The molecule has 1 atom stereocenters. The van der Waals surface area contributed by atoms with Crippen LogP contribution in [0, 0.1) is 11.3 Å². The summed E-state index contributed by atoms with van der Waals surface area (Å²) in [6, 6.07) is 5.48. The second kappa shape index (κ2) is 7.36. The third-order valence-corrected chi connectivity index (χ3v) is 3.73. The minimum atomic E-state index is -0.00780. The van der Waals surface area contributed by atoms with Crippen molar-refractivity contribution in [2.45, 2.75) is 40.5 Å². The van der Waals surface area contributed by atoms with E-state index in [1.165, 1.54) is 0 Å². The Morgan fingerprint density at radius 2 is 2.05 bits per heavy atom. The standard InChI is InChI=1S/C16H23BrN2OS/c1-10(9-16(2,3)4)7-14(20)19-13-6-5-11(17)8-12(13)15(18)21/h5-6,8,10H,7,9H2,1-4H3,(H2,18,21)(H,19,20). The quantitative estimate of drug-likeness (QED) is 0.750. The molecule has 1 rings (SSSR count). The second-order valence-electron chi connectivity index (χ2n) is 6.68. The van der Waals surface area contributed by atoms with E-state index in [0.29, 0.717) is 23.6 Å². The molecule has 0 aliphatic carbocycles. The maximum atomic E-state index is 12.2. The molecule has 0 heterocycles. The highest BCUT2D eigenvalue weighted by Gasteiger charge is 2.18. The maximum Gasteiger partial charge on any atom is 0.224 e. The maximum absolute atomic E-state index is 12.2. The Labute approximate surface area is 140 Å². The number of nitrogens with one attached hydrogen (secondary N) is 1. The molecule has 1 aromatic rings. The van der Waals surface area contributed by atoms with Crippen LogP contribution in [0.5, 0.6) is 0 Å². The summed E-state index contributed by atoms with van der Waals surface area (Å²) in [4.78, 5) is 12.4. The molecule has 0 aliphatic heterocycles. The topological polar surface area (TPSA) is 55.1 Å². The van der Waals surface area contributed by atoms with Gasteiger partial charge in [-0.15, -0.1) is 0 Å². The van der Waals surface area contributed by atoms with E-state index in [0.717, 1.165) is 10.9 Å². The molecule has 116 valence electrons. The molecule has 0 fully saturated rings. The van der Waals surface area contributed by atoms with Crippen molar-refractivity contribution in [3.05, 3.63) is 28.2 Å². The lowest BCUT2D eigenvalue weighted by Gasteiger charge is -2.23. The minimum absolute atomic E-state index is 0.00780. The number of rotatable bonds is 5. The van der Waals surface area contributed by atoms with Crippen LogP contribution in [0.3, 0.4) is 0 Å². The number of halogens is 1. The SMILES string of the molecule is CC(CC(=O)Nc1ccc(Br)cc1C(N)=S)CC(C)(C)C. The van der Waals surface area contributed by atoms with Gasteiger partial charge in [0, 0.05) is 16.5 Å². The van der Waals surface area contributed by atoms with Gasteiger partial charge in [0.1, 0.15) is 4.99 Å². The molecular weight excluding hydrogens is 348 g/mol. The fraction of sp³-hybridized carbons (Fsp3) is 0.500. The van der Waals surface area contributed by atoms with Gasteiger partial charge in [0.15, 0.2) is 0 Å². The normalized spacial score (nSPS) is 12.8. The molecule has 1 aromatic carbocycles. The fourth-order valence-corrected chi connectivity index (χ4v) is 2.99. The molecule has 3 N–H and O–H groups in total. The number of benzene rings is 1. The number of anilines is 1. The van der Waals surface area contributed by atoms with Gasteiger partial charge in [0.2, 0.25) is 5.91 Å². The van der Waals surface area contributed by atoms with Crippen molar-refractivity contribution < 1.29 is 4.79 Å². The molecule has 1 amide bonds. The van der Waals surface area contributed by atoms with Crippen LogP contribution in [0.2, 0.25) is 0 Å². The Balaban J connectivity index is 2.73. The Bertz CT molecular complexity index is 538. The van der Waals surface area contributed by atoms with E-state index in [-0.39, 0.29) is 16.3 Å². The Morgan fingerprint density at radius 3 is 2.57 bits per heavy atom. The molecule has 0 aromatic heterocycles. The largest absolute Gasteiger partial charge is 0.389 e. The average molecular weight is 371 g/mol. The molecule has 5 heteroatoms. The molecule has 0 radical (unpaired) electrons. The number of carbonyl (C=O) groups is 1. The molecule has 21 heavy (non-hydrogen) atoms. The van der Waals surface area contributed by atoms with Gasteiger partial charge >= 0.3 is 0 Å². The molecule has 0 aliphatic rings. The van der Waals surface area contributed by atoms with E-state index in [2.05, 4.69) is 48.9 Å². The van der Waals surface area contributed by atoms with Crippen LogP contribution < -0.4 is 11.1 Å². The molecule has 0 saturated carbocycles. The number of hydrogen-bond acceptors (Lipinski definition) is 2. The summed E-state index contributed by atoms with van der Waals surface area (Å²) in [5, 5.41) is 2.91. The number of nitrogens with two attached hydrogens (primary N) is 1. The van der Waals surface area contributed by atoms with Gasteiger partial charge in [0.05, 0.1) is 5.69 Å². The highest BCUT2D eigenvalue weighted by Crippen LogP contribution is 2.27. The van der Waals surface area contributed by atoms with Crippen LogP contribution in [-0.4, -0.2) is 10.9 Å². The summed E-state index contributed by atoms with van der Waals surface area (Å²) < 4.78 is 0.879. The van der Waals surface area contributed by atoms with Gasteiger partial charge < -0.3 is 11.1 Å². The van der Waals surface area contributed by atoms with Crippen molar-refractivity contribution in [2.75, 3.05) is 5.32 Å². The van der Waals surface area contributed by atoms with Crippen LogP contribution >= 0.6 is 28.1 Å². The summed E-state index contributed by atoms with van der Waals surface area (Å²) in [5.74, 6) is 0.320. The average Bonchev–Trinajstić information content (AvgIpc) is 2.28. The van der Waals surface area contributed by atoms with Crippen LogP contribution in [0.4, 0.5) is 5.69 Å². The first kappa shape index (κ1) is 18.1.